The van der Waals surface area contributed by atoms with Gasteiger partial charge in [0.2, 0.25) is 5.91 Å². The maximum Gasteiger partial charge on any atom is 0.234 e. The van der Waals surface area contributed by atoms with Gasteiger partial charge in [0.25, 0.3) is 0 Å². The number of carbonyl (C=O) groups is 2. The number of nitrogens with one attached hydrogen (secondary N) is 1. The van der Waals surface area contributed by atoms with Gasteiger partial charge in [0.05, 0.1) is 6.07 Å². The van der Waals surface area contributed by atoms with Crippen LogP contribution in [0.2, 0.25) is 0 Å². The minimum Gasteiger partial charge on any atom is -0.351 e. The Morgan fingerprint density at radius 2 is 1.50 bits per heavy atom. The summed E-state index contributed by atoms with van der Waals surface area (Å²) in [6.07, 6.45) is 3.75. The molecule has 0 aliphatic rings. The number of amides is 1. The number of benzene rings is 2. The molecule has 0 aliphatic heterocycles. The highest BCUT2D eigenvalue weighted by Crippen LogP contribution is 2.11. The molecule has 24 heavy (non-hydrogen) atoms. The van der Waals surface area contributed by atoms with Crippen molar-refractivity contribution in [3.8, 4) is 6.07 Å². The quantitative estimate of drug-likeness (QED) is 0.759. The van der Waals surface area contributed by atoms with Crippen LogP contribution in [0.1, 0.15) is 39.9 Å². The van der Waals surface area contributed by atoms with Gasteiger partial charge in [0.15, 0.2) is 0 Å². The van der Waals surface area contributed by atoms with E-state index in [4.69, 9.17) is 5.26 Å². The van der Waals surface area contributed by atoms with Crippen LogP contribution in [0, 0.1) is 11.3 Å². The van der Waals surface area contributed by atoms with Gasteiger partial charge in [-0.05, 0) is 36.0 Å². The van der Waals surface area contributed by atoms with E-state index in [2.05, 4.69) is 17.4 Å². The monoisotopic (exact) mass is 320 g/mol. The van der Waals surface area contributed by atoms with Crippen LogP contribution in [0.25, 0.3) is 0 Å². The van der Waals surface area contributed by atoms with Crippen LogP contribution < -0.4 is 5.32 Å². The van der Waals surface area contributed by atoms with Crippen molar-refractivity contribution in [1.82, 2.24) is 5.32 Å². The van der Waals surface area contributed by atoms with Crippen LogP contribution in [0.4, 0.5) is 0 Å². The lowest BCUT2D eigenvalue weighted by Crippen LogP contribution is -2.21. The van der Waals surface area contributed by atoms with E-state index < -0.39 is 0 Å². The first-order chi connectivity index (χ1) is 11.7. The van der Waals surface area contributed by atoms with Crippen LogP contribution in [-0.4, -0.2) is 12.2 Å². The maximum atomic E-state index is 11.2. The fraction of sp³-hybridized carbons (Fsp3) is 0.250. The second-order valence-electron chi connectivity index (χ2n) is 5.64. The van der Waals surface area contributed by atoms with Gasteiger partial charge in [-0.25, -0.2) is 0 Å². The van der Waals surface area contributed by atoms with Gasteiger partial charge in [-0.15, -0.1) is 0 Å². The Kier molecular flexibility index (Phi) is 6.73. The van der Waals surface area contributed by atoms with Crippen molar-refractivity contribution in [3.05, 3.63) is 70.8 Å². The molecule has 0 bridgehead atoms. The summed E-state index contributed by atoms with van der Waals surface area (Å²) in [5.74, 6) is -0.248. The van der Waals surface area contributed by atoms with Gasteiger partial charge in [-0.3, -0.25) is 9.59 Å². The summed E-state index contributed by atoms with van der Waals surface area (Å²) in [6.45, 7) is 0.448. The van der Waals surface area contributed by atoms with Gasteiger partial charge in [0.1, 0.15) is 12.7 Å². The second kappa shape index (κ2) is 9.26. The van der Waals surface area contributed by atoms with Crippen LogP contribution in [0.5, 0.6) is 0 Å². The minimum absolute atomic E-state index is 0.105. The van der Waals surface area contributed by atoms with Crippen molar-refractivity contribution < 1.29 is 9.59 Å². The van der Waals surface area contributed by atoms with Crippen molar-refractivity contribution in [1.29, 1.82) is 5.26 Å². The van der Waals surface area contributed by atoms with Crippen molar-refractivity contribution in [2.45, 2.75) is 32.2 Å². The molecular formula is C20H20N2O2. The Labute approximate surface area is 142 Å². The lowest BCUT2D eigenvalue weighted by molar-refractivity contribution is -0.120. The molecule has 2 rings (SSSR count). The largest absolute Gasteiger partial charge is 0.351 e. The third-order valence-corrected chi connectivity index (χ3v) is 3.80. The number of hydrogen-bond acceptors (Lipinski definition) is 3. The molecule has 4 nitrogen and oxygen atoms in total. The first-order valence-electron chi connectivity index (χ1n) is 7.97. The number of nitrogens with zero attached hydrogens (tertiary/aromatic N) is 1. The summed E-state index contributed by atoms with van der Waals surface area (Å²) >= 11 is 0. The molecule has 1 amide bonds. The highest BCUT2D eigenvalue weighted by atomic mass is 16.1. The zero-order valence-corrected chi connectivity index (χ0v) is 13.5. The highest BCUT2D eigenvalue weighted by molar-refractivity contribution is 5.77. The van der Waals surface area contributed by atoms with E-state index >= 15 is 0 Å². The second-order valence-corrected chi connectivity index (χ2v) is 5.64. The zero-order valence-electron chi connectivity index (χ0n) is 13.5. The molecule has 0 aromatic heterocycles. The van der Waals surface area contributed by atoms with E-state index in [9.17, 15) is 9.59 Å². The summed E-state index contributed by atoms with van der Waals surface area (Å²) < 4.78 is 0. The molecule has 0 saturated carbocycles. The molecule has 0 unspecified atom stereocenters. The molecule has 0 radical (unpaired) electrons. The van der Waals surface area contributed by atoms with E-state index in [0.29, 0.717) is 12.1 Å². The zero-order chi connectivity index (χ0) is 17.2. The molecule has 0 spiro atoms. The van der Waals surface area contributed by atoms with E-state index in [-0.39, 0.29) is 12.3 Å². The van der Waals surface area contributed by atoms with Crippen molar-refractivity contribution >= 4 is 12.2 Å². The number of nitriles is 1. The highest BCUT2D eigenvalue weighted by Gasteiger charge is 2.01. The molecule has 0 fully saturated rings. The Balaban J connectivity index is 1.76. The standard InChI is InChI=1S/C20H20N2O2/c21-13-12-20(24)22-14-18-8-4-16(5-9-18)2-1-3-17-6-10-19(15-23)11-7-17/h4-11,15H,1-3,12,14H2,(H,22,24). The molecule has 0 atom stereocenters. The SMILES string of the molecule is N#CCC(=O)NCc1ccc(CCCc2ccc(C=O)cc2)cc1. The summed E-state index contributed by atoms with van der Waals surface area (Å²) in [6, 6.07) is 17.7. The summed E-state index contributed by atoms with van der Waals surface area (Å²) in [5, 5.41) is 11.1. The molecule has 0 heterocycles. The van der Waals surface area contributed by atoms with Crippen LogP contribution in [-0.2, 0) is 24.2 Å². The average molecular weight is 320 g/mol. The molecule has 4 heteroatoms. The molecule has 0 aliphatic carbocycles. The predicted molar refractivity (Wildman–Crippen MR) is 92.4 cm³/mol. The van der Waals surface area contributed by atoms with Crippen LogP contribution in [0.3, 0.4) is 0 Å². The number of carbonyl (C=O) groups excluding carboxylic acids is 2. The van der Waals surface area contributed by atoms with Crippen molar-refractivity contribution in [2.75, 3.05) is 0 Å². The van der Waals surface area contributed by atoms with Gasteiger partial charge in [-0.1, -0.05) is 48.5 Å². The molecule has 122 valence electrons. The Hall–Kier alpha value is -2.93. The number of aldehydes is 1. The van der Waals surface area contributed by atoms with Gasteiger partial charge in [-0.2, -0.15) is 5.26 Å². The Bertz CT molecular complexity index is 713. The van der Waals surface area contributed by atoms with Crippen molar-refractivity contribution in [2.24, 2.45) is 0 Å². The minimum atomic E-state index is -0.248. The first kappa shape index (κ1) is 17.4. The fourth-order valence-electron chi connectivity index (χ4n) is 2.42. The fourth-order valence-corrected chi connectivity index (χ4v) is 2.42. The molecule has 0 saturated heterocycles. The summed E-state index contributed by atoms with van der Waals surface area (Å²) in [7, 11) is 0. The number of hydrogen-bond donors (Lipinski definition) is 1. The number of aryl methyl sites for hydroxylation is 2. The average Bonchev–Trinajstić information content (AvgIpc) is 2.62. The van der Waals surface area contributed by atoms with E-state index in [1.165, 1.54) is 11.1 Å². The van der Waals surface area contributed by atoms with Crippen LogP contribution >= 0.6 is 0 Å². The van der Waals surface area contributed by atoms with Crippen LogP contribution in [0.15, 0.2) is 48.5 Å². The van der Waals surface area contributed by atoms with E-state index in [1.54, 1.807) is 0 Å². The first-order valence-corrected chi connectivity index (χ1v) is 7.97. The normalized spacial score (nSPS) is 9.96. The molecule has 2 aromatic carbocycles. The lowest BCUT2D eigenvalue weighted by Gasteiger charge is -2.06. The lowest BCUT2D eigenvalue weighted by atomic mass is 10.0. The Morgan fingerprint density at radius 1 is 0.958 bits per heavy atom. The van der Waals surface area contributed by atoms with Gasteiger partial charge >= 0.3 is 0 Å². The van der Waals surface area contributed by atoms with Gasteiger partial charge < -0.3 is 5.32 Å². The van der Waals surface area contributed by atoms with E-state index in [0.717, 1.165) is 31.1 Å². The number of rotatable bonds is 8. The third-order valence-electron chi connectivity index (χ3n) is 3.80. The smallest absolute Gasteiger partial charge is 0.234 e. The molecule has 1 N–H and O–H groups in total. The molecule has 2 aromatic rings. The van der Waals surface area contributed by atoms with E-state index in [1.807, 2.05) is 42.5 Å². The molecular weight excluding hydrogens is 300 g/mol. The Morgan fingerprint density at radius 3 is 2.04 bits per heavy atom. The summed E-state index contributed by atoms with van der Waals surface area (Å²) in [5.41, 5.74) is 4.22. The third kappa shape index (κ3) is 5.69. The maximum absolute atomic E-state index is 11.2. The predicted octanol–water partition coefficient (Wildman–Crippen LogP) is 3.20. The van der Waals surface area contributed by atoms with Gasteiger partial charge in [0, 0.05) is 12.1 Å². The topological polar surface area (TPSA) is 70.0 Å². The summed E-state index contributed by atoms with van der Waals surface area (Å²) in [4.78, 5) is 21.9. The van der Waals surface area contributed by atoms with Crippen molar-refractivity contribution in [3.63, 3.8) is 0 Å².